The third-order valence-electron chi connectivity index (χ3n) is 5.60. The van der Waals surface area contributed by atoms with Crippen LogP contribution in [0.25, 0.3) is 0 Å². The van der Waals surface area contributed by atoms with Gasteiger partial charge < -0.3 is 9.80 Å². The zero-order valence-corrected chi connectivity index (χ0v) is 17.1. The third-order valence-corrected chi connectivity index (χ3v) is 5.60. The maximum atomic E-state index is 11.2. The first-order valence-electron chi connectivity index (χ1n) is 9.70. The Morgan fingerprint density at radius 3 is 1.96 bits per heavy atom. The van der Waals surface area contributed by atoms with E-state index < -0.39 is 0 Å². The lowest BCUT2D eigenvalue weighted by molar-refractivity contribution is -0.134. The molecular weight excluding hydrogens is 303 g/mol. The van der Waals surface area contributed by atoms with E-state index in [4.69, 9.17) is 0 Å². The van der Waals surface area contributed by atoms with Gasteiger partial charge in [-0.2, -0.15) is 0 Å². The Balaban J connectivity index is 0.000000400. The first-order chi connectivity index (χ1) is 11.3. The Morgan fingerprint density at radius 1 is 1.04 bits per heavy atom. The van der Waals surface area contributed by atoms with Gasteiger partial charge in [0.1, 0.15) is 0 Å². The van der Waals surface area contributed by atoms with Crippen LogP contribution in [0.3, 0.4) is 0 Å². The molecule has 4 heteroatoms. The van der Waals surface area contributed by atoms with Gasteiger partial charge in [0.2, 0.25) is 5.91 Å². The van der Waals surface area contributed by atoms with Crippen LogP contribution in [0.2, 0.25) is 0 Å². The highest BCUT2D eigenvalue weighted by Crippen LogP contribution is 2.24. The molecule has 2 aliphatic heterocycles. The van der Waals surface area contributed by atoms with Crippen molar-refractivity contribution in [3.8, 4) is 0 Å². The van der Waals surface area contributed by atoms with Crippen molar-refractivity contribution < 1.29 is 9.18 Å². The van der Waals surface area contributed by atoms with E-state index in [2.05, 4.69) is 39.5 Å². The molecule has 0 aromatic heterocycles. The van der Waals surface area contributed by atoms with Gasteiger partial charge in [0.05, 0.1) is 7.18 Å². The molecule has 3 nitrogen and oxygen atoms in total. The van der Waals surface area contributed by atoms with Crippen LogP contribution in [-0.4, -0.2) is 55.6 Å². The van der Waals surface area contributed by atoms with Crippen LogP contribution >= 0.6 is 0 Å². The maximum absolute atomic E-state index is 11.2. The summed E-state index contributed by atoms with van der Waals surface area (Å²) < 4.78 is 9.50. The summed E-state index contributed by atoms with van der Waals surface area (Å²) in [6.45, 7) is 14.9. The van der Waals surface area contributed by atoms with E-state index in [1.807, 2.05) is 11.9 Å². The number of hydrogen-bond donors (Lipinski definition) is 0. The number of carbonyl (C=O) groups is 1. The fourth-order valence-electron chi connectivity index (χ4n) is 3.41. The molecule has 0 aromatic carbocycles. The summed E-state index contributed by atoms with van der Waals surface area (Å²) in [5.41, 5.74) is 0. The maximum Gasteiger partial charge on any atom is 0.222 e. The predicted octanol–water partition coefficient (Wildman–Crippen LogP) is 4.61. The van der Waals surface area contributed by atoms with Crippen molar-refractivity contribution in [2.45, 2.75) is 72.8 Å². The lowest BCUT2D eigenvalue weighted by Gasteiger charge is -2.34. The van der Waals surface area contributed by atoms with Crippen LogP contribution in [0.15, 0.2) is 0 Å². The summed E-state index contributed by atoms with van der Waals surface area (Å²) in [5, 5.41) is 0. The molecule has 0 saturated carbocycles. The molecular formula is C20H41FN2O. The first kappa shape index (κ1) is 23.4. The van der Waals surface area contributed by atoms with Gasteiger partial charge in [0.25, 0.3) is 0 Å². The summed E-state index contributed by atoms with van der Waals surface area (Å²) in [4.78, 5) is 15.7. The number of carbonyl (C=O) groups excluding carboxylic acids is 1. The number of alkyl halides is 1. The predicted molar refractivity (Wildman–Crippen MR) is 102 cm³/mol. The summed E-state index contributed by atoms with van der Waals surface area (Å²) >= 11 is 0. The van der Waals surface area contributed by atoms with Crippen molar-refractivity contribution in [2.24, 2.45) is 17.8 Å². The van der Waals surface area contributed by atoms with Crippen molar-refractivity contribution in [1.82, 2.24) is 9.80 Å². The lowest BCUT2D eigenvalue weighted by atomic mass is 9.86. The molecule has 2 aliphatic rings. The Hall–Kier alpha value is -0.640. The van der Waals surface area contributed by atoms with Crippen LogP contribution in [0.4, 0.5) is 4.39 Å². The Kier molecular flexibility index (Phi) is 12.3. The first-order valence-corrected chi connectivity index (χ1v) is 9.70. The number of nitrogens with zero attached hydrogens (tertiary/aromatic N) is 2. The van der Waals surface area contributed by atoms with E-state index in [0.717, 1.165) is 24.9 Å². The molecule has 0 spiro atoms. The van der Waals surface area contributed by atoms with Crippen molar-refractivity contribution in [2.75, 3.05) is 33.9 Å². The average Bonchev–Trinajstić information content (AvgIpc) is 2.59. The molecule has 144 valence electrons. The van der Waals surface area contributed by atoms with Crippen LogP contribution < -0.4 is 0 Å². The van der Waals surface area contributed by atoms with Gasteiger partial charge in [-0.05, 0) is 64.0 Å². The van der Waals surface area contributed by atoms with Gasteiger partial charge in [-0.3, -0.25) is 9.18 Å². The quantitative estimate of drug-likeness (QED) is 0.746. The molecule has 1 atom stereocenters. The Morgan fingerprint density at radius 2 is 1.58 bits per heavy atom. The van der Waals surface area contributed by atoms with Crippen LogP contribution in [0, 0.1) is 17.8 Å². The fourth-order valence-corrected chi connectivity index (χ4v) is 3.41. The second-order valence-electron chi connectivity index (χ2n) is 7.79. The standard InChI is InChI=1S/C10H21N.C9H17NO.CH3F/c1-4-10-5-7-11(8-6-10)9(2)3;1-7(2)8-4-5-10(3)9(11)6-8;1-2/h9-10H,4-8H2,1-3H3;7-8H,4-6H2,1-3H3;1H3. The zero-order valence-electron chi connectivity index (χ0n) is 17.1. The van der Waals surface area contributed by atoms with Gasteiger partial charge >= 0.3 is 0 Å². The van der Waals surface area contributed by atoms with Crippen LogP contribution in [0.1, 0.15) is 66.7 Å². The molecule has 1 unspecified atom stereocenters. The molecule has 0 N–H and O–H groups in total. The monoisotopic (exact) mass is 344 g/mol. The number of amides is 1. The summed E-state index contributed by atoms with van der Waals surface area (Å²) in [5.74, 6) is 2.62. The Labute approximate surface area is 150 Å². The third kappa shape index (κ3) is 8.46. The molecule has 2 heterocycles. The summed E-state index contributed by atoms with van der Waals surface area (Å²) in [6, 6.07) is 0.757. The minimum Gasteiger partial charge on any atom is -0.346 e. The average molecular weight is 345 g/mol. The van der Waals surface area contributed by atoms with Gasteiger partial charge in [-0.15, -0.1) is 0 Å². The van der Waals surface area contributed by atoms with Crippen molar-refractivity contribution >= 4 is 5.91 Å². The highest BCUT2D eigenvalue weighted by molar-refractivity contribution is 5.76. The molecule has 0 aromatic rings. The molecule has 2 saturated heterocycles. The summed E-state index contributed by atoms with van der Waals surface area (Å²) in [7, 11) is 2.39. The highest BCUT2D eigenvalue weighted by atomic mass is 19.1. The molecule has 0 radical (unpaired) electrons. The van der Waals surface area contributed by atoms with E-state index in [-0.39, 0.29) is 0 Å². The van der Waals surface area contributed by atoms with Crippen molar-refractivity contribution in [1.29, 1.82) is 0 Å². The minimum atomic E-state index is 0.315. The topological polar surface area (TPSA) is 23.6 Å². The largest absolute Gasteiger partial charge is 0.346 e. The highest BCUT2D eigenvalue weighted by Gasteiger charge is 2.24. The van der Waals surface area contributed by atoms with E-state index in [1.165, 1.54) is 38.8 Å². The SMILES string of the molecule is CC(C)C1CCN(C)C(=O)C1.CCC1CCN(C(C)C)CC1.CF. The van der Waals surface area contributed by atoms with E-state index in [0.29, 0.717) is 24.9 Å². The number of halogens is 1. The molecule has 0 bridgehead atoms. The van der Waals surface area contributed by atoms with Crippen molar-refractivity contribution in [3.63, 3.8) is 0 Å². The second-order valence-corrected chi connectivity index (χ2v) is 7.79. The lowest BCUT2D eigenvalue weighted by Crippen LogP contribution is -2.38. The molecule has 2 rings (SSSR count). The van der Waals surface area contributed by atoms with Crippen molar-refractivity contribution in [3.05, 3.63) is 0 Å². The fraction of sp³-hybridized carbons (Fsp3) is 0.950. The summed E-state index contributed by atoms with van der Waals surface area (Å²) in [6.07, 6.45) is 6.17. The zero-order chi connectivity index (χ0) is 18.7. The number of rotatable bonds is 3. The van der Waals surface area contributed by atoms with E-state index >= 15 is 0 Å². The molecule has 2 fully saturated rings. The van der Waals surface area contributed by atoms with Gasteiger partial charge in [-0.1, -0.05) is 27.2 Å². The number of piperidine rings is 2. The van der Waals surface area contributed by atoms with Gasteiger partial charge in [0.15, 0.2) is 0 Å². The second kappa shape index (κ2) is 12.7. The number of likely N-dealkylation sites (tertiary alicyclic amines) is 2. The van der Waals surface area contributed by atoms with Crippen LogP contribution in [0.5, 0.6) is 0 Å². The number of hydrogen-bond acceptors (Lipinski definition) is 2. The normalized spacial score (nSPS) is 22.8. The molecule has 24 heavy (non-hydrogen) atoms. The van der Waals surface area contributed by atoms with E-state index in [9.17, 15) is 9.18 Å². The van der Waals surface area contributed by atoms with Crippen LogP contribution in [-0.2, 0) is 4.79 Å². The van der Waals surface area contributed by atoms with E-state index in [1.54, 1.807) is 0 Å². The Bertz CT molecular complexity index is 326. The molecule has 1 amide bonds. The smallest absolute Gasteiger partial charge is 0.222 e. The molecule has 0 aliphatic carbocycles. The van der Waals surface area contributed by atoms with Gasteiger partial charge in [0, 0.05) is 26.1 Å². The minimum absolute atomic E-state index is 0.315. The van der Waals surface area contributed by atoms with Gasteiger partial charge in [-0.25, -0.2) is 0 Å².